The highest BCUT2D eigenvalue weighted by atomic mass is 35.5. The number of nitrogens with one attached hydrogen (secondary N) is 1. The minimum Gasteiger partial charge on any atom is -0.354 e. The second kappa shape index (κ2) is 9.78. The molecule has 0 unspecified atom stereocenters. The van der Waals surface area contributed by atoms with Gasteiger partial charge in [-0.15, -0.1) is 0 Å². The Hall–Kier alpha value is -1.26. The standard InChI is InChI=1S/C17H24Cl2N2O2/c1-4-10-20-17(23)15(5-2)21(16(22)6-3)11-12-13(18)8-7-9-14(12)19/h7-9,15H,4-6,10-11H2,1-3H3,(H,20,23)/t15-/m0/s1. The molecular weight excluding hydrogens is 335 g/mol. The Morgan fingerprint density at radius 3 is 2.26 bits per heavy atom. The van der Waals surface area contributed by atoms with Crippen molar-refractivity contribution in [2.24, 2.45) is 0 Å². The van der Waals surface area contributed by atoms with Crippen LogP contribution in [-0.2, 0) is 16.1 Å². The molecule has 1 rings (SSSR count). The van der Waals surface area contributed by atoms with E-state index in [-0.39, 0.29) is 18.4 Å². The first-order chi connectivity index (χ1) is 11.0. The molecule has 128 valence electrons. The Morgan fingerprint density at radius 1 is 1.17 bits per heavy atom. The third-order valence-electron chi connectivity index (χ3n) is 3.63. The van der Waals surface area contributed by atoms with E-state index in [0.29, 0.717) is 35.0 Å². The summed E-state index contributed by atoms with van der Waals surface area (Å²) in [5.74, 6) is -0.237. The molecule has 1 N–H and O–H groups in total. The van der Waals surface area contributed by atoms with Crippen molar-refractivity contribution in [1.29, 1.82) is 0 Å². The lowest BCUT2D eigenvalue weighted by atomic mass is 10.1. The van der Waals surface area contributed by atoms with Gasteiger partial charge < -0.3 is 10.2 Å². The van der Waals surface area contributed by atoms with E-state index in [1.165, 1.54) is 0 Å². The van der Waals surface area contributed by atoms with Gasteiger partial charge >= 0.3 is 0 Å². The quantitative estimate of drug-likeness (QED) is 0.762. The first-order valence-corrected chi connectivity index (χ1v) is 8.71. The monoisotopic (exact) mass is 358 g/mol. The Kier molecular flexibility index (Phi) is 8.42. The smallest absolute Gasteiger partial charge is 0.242 e. The number of carbonyl (C=O) groups is 2. The molecule has 4 nitrogen and oxygen atoms in total. The molecule has 0 saturated carbocycles. The maximum atomic E-state index is 12.4. The number of amides is 2. The highest BCUT2D eigenvalue weighted by Crippen LogP contribution is 2.27. The van der Waals surface area contributed by atoms with Crippen molar-refractivity contribution in [2.75, 3.05) is 6.54 Å². The van der Waals surface area contributed by atoms with Crippen LogP contribution in [0.4, 0.5) is 0 Å². The van der Waals surface area contributed by atoms with Crippen molar-refractivity contribution < 1.29 is 9.59 Å². The summed E-state index contributed by atoms with van der Waals surface area (Å²) in [5.41, 5.74) is 0.666. The van der Waals surface area contributed by atoms with Crippen LogP contribution in [0, 0.1) is 0 Å². The van der Waals surface area contributed by atoms with Crippen molar-refractivity contribution >= 4 is 35.0 Å². The van der Waals surface area contributed by atoms with E-state index in [9.17, 15) is 9.59 Å². The molecule has 1 aromatic rings. The molecule has 6 heteroatoms. The highest BCUT2D eigenvalue weighted by Gasteiger charge is 2.28. The SMILES string of the molecule is CCCNC(=O)[C@H](CC)N(Cc1c(Cl)cccc1Cl)C(=O)CC. The van der Waals surface area contributed by atoms with Gasteiger partial charge in [0.2, 0.25) is 11.8 Å². The second-order valence-electron chi connectivity index (χ2n) is 5.29. The number of nitrogens with zero attached hydrogens (tertiary/aromatic N) is 1. The van der Waals surface area contributed by atoms with Gasteiger partial charge in [0.05, 0.1) is 0 Å². The van der Waals surface area contributed by atoms with Crippen LogP contribution in [0.1, 0.15) is 45.6 Å². The number of hydrogen-bond donors (Lipinski definition) is 1. The van der Waals surface area contributed by atoms with Crippen molar-refractivity contribution in [3.63, 3.8) is 0 Å². The predicted molar refractivity (Wildman–Crippen MR) is 94.7 cm³/mol. The topological polar surface area (TPSA) is 49.4 Å². The Morgan fingerprint density at radius 2 is 1.78 bits per heavy atom. The molecule has 0 bridgehead atoms. The molecule has 0 spiro atoms. The summed E-state index contributed by atoms with van der Waals surface area (Å²) in [6, 6.07) is 4.69. The lowest BCUT2D eigenvalue weighted by Crippen LogP contribution is -2.49. The van der Waals surface area contributed by atoms with E-state index >= 15 is 0 Å². The zero-order chi connectivity index (χ0) is 17.4. The van der Waals surface area contributed by atoms with Gasteiger partial charge in [0.15, 0.2) is 0 Å². The third kappa shape index (κ3) is 5.40. The molecule has 1 atom stereocenters. The summed E-state index contributed by atoms with van der Waals surface area (Å²) >= 11 is 12.4. The largest absolute Gasteiger partial charge is 0.354 e. The zero-order valence-electron chi connectivity index (χ0n) is 13.9. The molecule has 1 aromatic carbocycles. The van der Waals surface area contributed by atoms with Gasteiger partial charge in [-0.1, -0.05) is 50.0 Å². The van der Waals surface area contributed by atoms with Gasteiger partial charge in [-0.2, -0.15) is 0 Å². The molecule has 0 fully saturated rings. The minimum absolute atomic E-state index is 0.0977. The molecule has 0 heterocycles. The maximum absolute atomic E-state index is 12.4. The third-order valence-corrected chi connectivity index (χ3v) is 4.34. The summed E-state index contributed by atoms with van der Waals surface area (Å²) < 4.78 is 0. The summed E-state index contributed by atoms with van der Waals surface area (Å²) in [5, 5.41) is 3.85. The summed E-state index contributed by atoms with van der Waals surface area (Å²) in [7, 11) is 0. The van der Waals surface area contributed by atoms with Gasteiger partial charge in [0.1, 0.15) is 6.04 Å². The number of benzene rings is 1. The van der Waals surface area contributed by atoms with Gasteiger partial charge in [-0.25, -0.2) is 0 Å². The second-order valence-corrected chi connectivity index (χ2v) is 6.10. The lowest BCUT2D eigenvalue weighted by Gasteiger charge is -2.31. The average molecular weight is 359 g/mol. The van der Waals surface area contributed by atoms with Gasteiger partial charge in [0.25, 0.3) is 0 Å². The van der Waals surface area contributed by atoms with E-state index in [1.54, 1.807) is 30.0 Å². The molecule has 0 aromatic heterocycles. The number of carbonyl (C=O) groups excluding carboxylic acids is 2. The first-order valence-electron chi connectivity index (χ1n) is 7.96. The Bertz CT molecular complexity index is 529. The highest BCUT2D eigenvalue weighted by molar-refractivity contribution is 6.36. The Labute approximate surface area is 148 Å². The van der Waals surface area contributed by atoms with Crippen molar-refractivity contribution in [3.8, 4) is 0 Å². The van der Waals surface area contributed by atoms with Crippen LogP contribution < -0.4 is 5.32 Å². The van der Waals surface area contributed by atoms with Crippen LogP contribution in [0.3, 0.4) is 0 Å². The van der Waals surface area contributed by atoms with Gasteiger partial charge in [0, 0.05) is 35.1 Å². The lowest BCUT2D eigenvalue weighted by molar-refractivity contribution is -0.141. The fourth-order valence-corrected chi connectivity index (χ4v) is 2.86. The first kappa shape index (κ1) is 19.8. The molecule has 0 saturated heterocycles. The molecule has 0 aliphatic heterocycles. The van der Waals surface area contributed by atoms with Crippen molar-refractivity contribution in [3.05, 3.63) is 33.8 Å². The summed E-state index contributed by atoms with van der Waals surface area (Å²) in [4.78, 5) is 26.3. The van der Waals surface area contributed by atoms with Crippen LogP contribution in [0.5, 0.6) is 0 Å². The normalized spacial score (nSPS) is 11.9. The molecule has 0 radical (unpaired) electrons. The fourth-order valence-electron chi connectivity index (χ4n) is 2.34. The molecule has 0 aliphatic carbocycles. The van der Waals surface area contributed by atoms with E-state index in [2.05, 4.69) is 5.32 Å². The summed E-state index contributed by atoms with van der Waals surface area (Å²) in [6.07, 6.45) is 1.70. The van der Waals surface area contributed by atoms with E-state index in [4.69, 9.17) is 23.2 Å². The van der Waals surface area contributed by atoms with Gasteiger partial charge in [-0.3, -0.25) is 9.59 Å². The fraction of sp³-hybridized carbons (Fsp3) is 0.529. The maximum Gasteiger partial charge on any atom is 0.242 e. The van der Waals surface area contributed by atoms with Crippen LogP contribution in [0.25, 0.3) is 0 Å². The number of hydrogen-bond acceptors (Lipinski definition) is 2. The van der Waals surface area contributed by atoms with Gasteiger partial charge in [-0.05, 0) is 25.0 Å². The molecule has 2 amide bonds. The molecule has 0 aliphatic rings. The molecular formula is C17H24Cl2N2O2. The minimum atomic E-state index is -0.527. The van der Waals surface area contributed by atoms with Crippen LogP contribution in [0.2, 0.25) is 10.0 Å². The van der Waals surface area contributed by atoms with Crippen LogP contribution in [0.15, 0.2) is 18.2 Å². The number of rotatable bonds is 8. The zero-order valence-corrected chi connectivity index (χ0v) is 15.4. The average Bonchev–Trinajstić information content (AvgIpc) is 2.54. The predicted octanol–water partition coefficient (Wildman–Crippen LogP) is 4.04. The van der Waals surface area contributed by atoms with E-state index < -0.39 is 6.04 Å². The van der Waals surface area contributed by atoms with E-state index in [0.717, 1.165) is 6.42 Å². The van der Waals surface area contributed by atoms with Crippen molar-refractivity contribution in [1.82, 2.24) is 10.2 Å². The van der Waals surface area contributed by atoms with Crippen LogP contribution >= 0.6 is 23.2 Å². The van der Waals surface area contributed by atoms with E-state index in [1.807, 2.05) is 13.8 Å². The Balaban J connectivity index is 3.08. The summed E-state index contributed by atoms with van der Waals surface area (Å²) in [6.45, 7) is 6.47. The van der Waals surface area contributed by atoms with Crippen molar-refractivity contribution in [2.45, 2.75) is 52.6 Å². The molecule has 23 heavy (non-hydrogen) atoms. The number of halogens is 2. The van der Waals surface area contributed by atoms with Crippen LogP contribution in [-0.4, -0.2) is 29.3 Å².